The molecule has 0 aliphatic heterocycles. The highest BCUT2D eigenvalue weighted by molar-refractivity contribution is 6.58. The third-order valence-corrected chi connectivity index (χ3v) is 1.72. The molecule has 0 spiro atoms. The largest absolute Gasteiger partial charge is 0.519 e. The summed E-state index contributed by atoms with van der Waals surface area (Å²) in [5, 5.41) is 8.58. The van der Waals surface area contributed by atoms with Gasteiger partial charge in [-0.1, -0.05) is 0 Å². The van der Waals surface area contributed by atoms with E-state index in [1.54, 1.807) is 0 Å². The Balaban J connectivity index is 2.85. The fourth-order valence-corrected chi connectivity index (χ4v) is 1.04. The average Bonchev–Trinajstić information content (AvgIpc) is 2.25. The van der Waals surface area contributed by atoms with Gasteiger partial charge in [0.1, 0.15) is 0 Å². The van der Waals surface area contributed by atoms with E-state index >= 15 is 0 Å². The van der Waals surface area contributed by atoms with Gasteiger partial charge in [-0.25, -0.2) is 0 Å². The summed E-state index contributed by atoms with van der Waals surface area (Å²) in [4.78, 5) is 0. The molecule has 0 N–H and O–H groups in total. The predicted molar refractivity (Wildman–Crippen MR) is 52.3 cm³/mol. The number of hydrogen-bond donors (Lipinski definition) is 0. The molecule has 7 heteroatoms. The number of nitriles is 1. The van der Waals surface area contributed by atoms with Crippen molar-refractivity contribution in [2.75, 3.05) is 13.6 Å². The van der Waals surface area contributed by atoms with Crippen molar-refractivity contribution in [3.05, 3.63) is 23.8 Å². The summed E-state index contributed by atoms with van der Waals surface area (Å²) in [6, 6.07) is 5.80. The zero-order valence-corrected chi connectivity index (χ0v) is 8.41. The summed E-state index contributed by atoms with van der Waals surface area (Å²) in [5.41, 5.74) is 0.293. The van der Waals surface area contributed by atoms with E-state index in [0.717, 1.165) is 0 Å². The zero-order valence-electron chi connectivity index (χ0n) is 8.41. The zero-order chi connectivity index (χ0) is 12.2. The summed E-state index contributed by atoms with van der Waals surface area (Å²) in [5.74, 6) is 0.0831. The second-order valence-corrected chi connectivity index (χ2v) is 3.00. The maximum absolute atomic E-state index is 12.0. The smallest absolute Gasteiger partial charge is 0.515 e. The van der Waals surface area contributed by atoms with Crippen LogP contribution in [0.1, 0.15) is 5.56 Å². The van der Waals surface area contributed by atoms with E-state index in [1.807, 2.05) is 6.07 Å². The van der Waals surface area contributed by atoms with E-state index in [4.69, 9.17) is 10.00 Å². The Kier molecular flexibility index (Phi) is 3.66. The first-order valence-corrected chi connectivity index (χ1v) is 4.38. The number of benzene rings is 1. The molecule has 1 aromatic rings. The summed E-state index contributed by atoms with van der Waals surface area (Å²) in [6.45, 7) is -6.34. The van der Waals surface area contributed by atoms with Crippen molar-refractivity contribution < 1.29 is 22.4 Å². The summed E-state index contributed by atoms with van der Waals surface area (Å²) < 4.78 is 45.3. The van der Waals surface area contributed by atoms with Gasteiger partial charge in [0.25, 0.3) is 0 Å². The van der Waals surface area contributed by atoms with Crippen molar-refractivity contribution in [2.45, 2.75) is 0 Å². The summed E-state index contributed by atoms with van der Waals surface area (Å²) in [7, 11) is 1.29. The van der Waals surface area contributed by atoms with Gasteiger partial charge in [0.05, 0.1) is 25.2 Å². The highest BCUT2D eigenvalue weighted by Gasteiger charge is 2.24. The van der Waals surface area contributed by atoms with Crippen LogP contribution in [0.15, 0.2) is 18.2 Å². The third-order valence-electron chi connectivity index (χ3n) is 1.72. The highest BCUT2D eigenvalue weighted by atomic mass is 19.4. The lowest BCUT2D eigenvalue weighted by Crippen LogP contribution is -2.26. The van der Waals surface area contributed by atoms with Gasteiger partial charge >= 0.3 is 6.98 Å². The predicted octanol–water partition coefficient (Wildman–Crippen LogP) is 2.33. The Morgan fingerprint density at radius 1 is 1.31 bits per heavy atom. The number of halogens is 3. The molecule has 0 aliphatic carbocycles. The first kappa shape index (κ1) is 12.2. The minimum atomic E-state index is -5.01. The topological polar surface area (TPSA) is 42.2 Å². The average molecular weight is 230 g/mol. The van der Waals surface area contributed by atoms with Gasteiger partial charge in [-0.3, -0.25) is 0 Å². The molecule has 0 atom stereocenters. The summed E-state index contributed by atoms with van der Waals surface area (Å²) >= 11 is 0. The second-order valence-electron chi connectivity index (χ2n) is 3.00. The Labute approximate surface area is 90.4 Å². The normalized spacial score (nSPS) is 10.7. The number of rotatable bonds is 4. The van der Waals surface area contributed by atoms with Crippen LogP contribution in [0, 0.1) is 11.3 Å². The molecule has 1 rings (SSSR count). The monoisotopic (exact) mass is 230 g/mol. The molecule has 1 aromatic carbocycles. The van der Waals surface area contributed by atoms with Crippen LogP contribution >= 0.6 is 0 Å². The quantitative estimate of drug-likeness (QED) is 0.745. The lowest BCUT2D eigenvalue weighted by Gasteiger charge is -2.16. The number of ether oxygens (including phenoxy) is 2. The van der Waals surface area contributed by atoms with Crippen LogP contribution in [0.5, 0.6) is 11.5 Å². The molecule has 0 radical (unpaired) electrons. The fraction of sp³-hybridized carbons (Fsp3) is 0.222. The first-order valence-electron chi connectivity index (χ1n) is 4.38. The Hall–Kier alpha value is -1.84. The van der Waals surface area contributed by atoms with Crippen molar-refractivity contribution in [3.8, 4) is 17.6 Å². The molecule has 0 amide bonds. The van der Waals surface area contributed by atoms with Gasteiger partial charge in [0.15, 0.2) is 11.5 Å². The van der Waals surface area contributed by atoms with Gasteiger partial charge in [0, 0.05) is 6.07 Å². The molecule has 3 nitrogen and oxygen atoms in total. The minimum Gasteiger partial charge on any atom is -0.519 e. The van der Waals surface area contributed by atoms with E-state index in [-0.39, 0.29) is 11.5 Å². The summed E-state index contributed by atoms with van der Waals surface area (Å²) in [6.07, 6.45) is 0. The van der Waals surface area contributed by atoms with Gasteiger partial charge in [-0.05, 0) is 12.1 Å². The highest BCUT2D eigenvalue weighted by Crippen LogP contribution is 2.28. The molecule has 0 saturated carbocycles. The molecule has 0 aliphatic rings. The molecule has 86 valence electrons. The van der Waals surface area contributed by atoms with Crippen molar-refractivity contribution >= 4 is 6.98 Å². The van der Waals surface area contributed by atoms with Crippen LogP contribution in [0.2, 0.25) is 0 Å². The van der Waals surface area contributed by atoms with E-state index in [9.17, 15) is 12.9 Å². The van der Waals surface area contributed by atoms with Crippen LogP contribution in [-0.2, 0) is 0 Å². The van der Waals surface area contributed by atoms with E-state index in [2.05, 4.69) is 4.74 Å². The second kappa shape index (κ2) is 4.79. The first-order chi connectivity index (χ1) is 7.46. The van der Waals surface area contributed by atoms with Crippen molar-refractivity contribution in [2.24, 2.45) is 0 Å². The lowest BCUT2D eigenvalue weighted by molar-refractivity contribution is 0.295. The van der Waals surface area contributed by atoms with Crippen LogP contribution in [0.4, 0.5) is 12.9 Å². The molecule has 0 fully saturated rings. The standard InChI is InChI=1S/C9H8BF3NO2/c1-15-9-4-7(5-14)2-3-8(9)16-6-10(11,12)13/h2-4H,6H2,1H3/q-1. The Morgan fingerprint density at radius 3 is 2.50 bits per heavy atom. The maximum Gasteiger partial charge on any atom is 0.515 e. The van der Waals surface area contributed by atoms with Gasteiger partial charge in [0.2, 0.25) is 0 Å². The molecule has 0 unspecified atom stereocenters. The maximum atomic E-state index is 12.0. The molecule has 0 bridgehead atoms. The lowest BCUT2D eigenvalue weighted by atomic mass is 9.95. The van der Waals surface area contributed by atoms with Gasteiger partial charge in [-0.15, -0.1) is 0 Å². The van der Waals surface area contributed by atoms with Crippen LogP contribution in [0.25, 0.3) is 0 Å². The van der Waals surface area contributed by atoms with Crippen LogP contribution in [-0.4, -0.2) is 20.6 Å². The Bertz CT molecular complexity index is 414. The SMILES string of the molecule is COc1cc(C#N)ccc1OC[B-](F)(F)F. The van der Waals surface area contributed by atoms with Crippen molar-refractivity contribution in [1.82, 2.24) is 0 Å². The number of hydrogen-bond acceptors (Lipinski definition) is 3. The molecular weight excluding hydrogens is 222 g/mol. The Morgan fingerprint density at radius 2 is 2.00 bits per heavy atom. The molecule has 0 aromatic heterocycles. The van der Waals surface area contributed by atoms with Crippen LogP contribution < -0.4 is 9.47 Å². The molecule has 0 heterocycles. The molecule has 16 heavy (non-hydrogen) atoms. The van der Waals surface area contributed by atoms with E-state index < -0.39 is 13.5 Å². The third kappa shape index (κ3) is 3.39. The van der Waals surface area contributed by atoms with Crippen molar-refractivity contribution in [3.63, 3.8) is 0 Å². The van der Waals surface area contributed by atoms with E-state index in [1.165, 1.54) is 25.3 Å². The van der Waals surface area contributed by atoms with Gasteiger partial charge in [-0.2, -0.15) is 5.26 Å². The fourth-order valence-electron chi connectivity index (χ4n) is 1.04. The number of nitrogens with zero attached hydrogens (tertiary/aromatic N) is 1. The minimum absolute atomic E-state index is 0.0271. The van der Waals surface area contributed by atoms with Gasteiger partial charge < -0.3 is 22.4 Å². The van der Waals surface area contributed by atoms with E-state index in [0.29, 0.717) is 5.56 Å². The molecule has 0 saturated heterocycles. The van der Waals surface area contributed by atoms with Crippen LogP contribution in [0.3, 0.4) is 0 Å². The number of methoxy groups -OCH3 is 1. The molecular formula is C9H8BF3NO2-. The van der Waals surface area contributed by atoms with Crippen molar-refractivity contribution in [1.29, 1.82) is 5.26 Å².